The Kier molecular flexibility index (Phi) is 8.45. The summed E-state index contributed by atoms with van der Waals surface area (Å²) in [5.74, 6) is -0.615. The van der Waals surface area contributed by atoms with Crippen molar-refractivity contribution in [2.45, 2.75) is 39.0 Å². The third-order valence-electron chi connectivity index (χ3n) is 6.08. The van der Waals surface area contributed by atoms with Crippen LogP contribution in [-0.2, 0) is 22.6 Å². The van der Waals surface area contributed by atoms with Gasteiger partial charge in [0.25, 0.3) is 11.6 Å². The number of nitrogens with zero attached hydrogens (tertiary/aromatic N) is 3. The fraction of sp³-hybridized carbons (Fsp3) is 0.333. The van der Waals surface area contributed by atoms with Crippen molar-refractivity contribution in [2.24, 2.45) is 0 Å². The van der Waals surface area contributed by atoms with Crippen LogP contribution in [0, 0.1) is 17.0 Å². The van der Waals surface area contributed by atoms with Gasteiger partial charge in [-0.25, -0.2) is 0 Å². The fourth-order valence-electron chi connectivity index (χ4n) is 4.25. The van der Waals surface area contributed by atoms with Crippen LogP contribution in [0.25, 0.3) is 0 Å². The molecule has 1 aromatic heterocycles. The second kappa shape index (κ2) is 11.9. The van der Waals surface area contributed by atoms with Crippen molar-refractivity contribution in [3.8, 4) is 0 Å². The van der Waals surface area contributed by atoms with Crippen LogP contribution >= 0.6 is 11.3 Å². The summed E-state index contributed by atoms with van der Waals surface area (Å²) in [5, 5.41) is 11.2. The van der Waals surface area contributed by atoms with Gasteiger partial charge in [-0.05, 0) is 43.5 Å². The van der Waals surface area contributed by atoms with Gasteiger partial charge in [-0.2, -0.15) is 0 Å². The summed E-state index contributed by atoms with van der Waals surface area (Å²) in [7, 11) is 0. The van der Waals surface area contributed by atoms with E-state index in [0.29, 0.717) is 19.7 Å². The Morgan fingerprint density at radius 1 is 1.06 bits per heavy atom. The normalized spacial score (nSPS) is 15.0. The molecule has 0 N–H and O–H groups in total. The average molecular weight is 508 g/mol. The van der Waals surface area contributed by atoms with Crippen molar-refractivity contribution in [1.29, 1.82) is 0 Å². The lowest BCUT2D eigenvalue weighted by Gasteiger charge is -2.29. The Morgan fingerprint density at radius 2 is 1.86 bits per heavy atom. The van der Waals surface area contributed by atoms with Crippen LogP contribution in [0.15, 0.2) is 66.7 Å². The highest BCUT2D eigenvalue weighted by Gasteiger charge is 2.28. The number of amides is 2. The van der Waals surface area contributed by atoms with Crippen LogP contribution < -0.4 is 0 Å². The number of carbonyl (C=O) groups excluding carboxylic acids is 2. The Balaban J connectivity index is 1.57. The van der Waals surface area contributed by atoms with Gasteiger partial charge in [0.15, 0.2) is 0 Å². The summed E-state index contributed by atoms with van der Waals surface area (Å²) < 4.78 is 5.74. The molecule has 2 heterocycles. The van der Waals surface area contributed by atoms with E-state index in [1.807, 2.05) is 49.4 Å². The lowest BCUT2D eigenvalue weighted by molar-refractivity contribution is -0.384. The first kappa shape index (κ1) is 25.5. The fourth-order valence-corrected chi connectivity index (χ4v) is 5.15. The minimum atomic E-state index is -0.531. The summed E-state index contributed by atoms with van der Waals surface area (Å²) in [6.07, 6.45) is 1.53. The topological polar surface area (TPSA) is 93.0 Å². The lowest BCUT2D eigenvalue weighted by Crippen LogP contribution is -2.45. The molecule has 0 saturated carbocycles. The third kappa shape index (κ3) is 6.77. The van der Waals surface area contributed by atoms with Crippen LogP contribution in [0.5, 0.6) is 0 Å². The largest absolute Gasteiger partial charge is 0.376 e. The minimum Gasteiger partial charge on any atom is -0.376 e. The highest BCUT2D eigenvalue weighted by Crippen LogP contribution is 2.21. The molecule has 1 aliphatic rings. The maximum absolute atomic E-state index is 13.6. The molecule has 36 heavy (non-hydrogen) atoms. The van der Waals surface area contributed by atoms with Crippen LogP contribution in [0.3, 0.4) is 0 Å². The van der Waals surface area contributed by atoms with E-state index < -0.39 is 10.8 Å². The molecule has 0 aliphatic carbocycles. The molecule has 0 bridgehead atoms. The Morgan fingerprint density at radius 3 is 2.53 bits per heavy atom. The zero-order chi connectivity index (χ0) is 25.5. The second-order valence-electron chi connectivity index (χ2n) is 8.88. The van der Waals surface area contributed by atoms with Gasteiger partial charge >= 0.3 is 0 Å². The van der Waals surface area contributed by atoms with Crippen molar-refractivity contribution >= 4 is 28.8 Å². The summed E-state index contributed by atoms with van der Waals surface area (Å²) in [6.45, 7) is 3.61. The SMILES string of the molecule is Cc1ccc(CN(Cc2ccccc2)C(=O)CN(CC2CCCO2)C(=O)c2cccc([N+](=O)[O-])c2)s1. The summed E-state index contributed by atoms with van der Waals surface area (Å²) >= 11 is 1.64. The zero-order valence-electron chi connectivity index (χ0n) is 20.2. The molecule has 1 atom stereocenters. The molecule has 8 nitrogen and oxygen atoms in total. The molecule has 3 aromatic rings. The Bertz CT molecular complexity index is 1210. The number of benzene rings is 2. The van der Waals surface area contributed by atoms with Gasteiger partial charge in [0.1, 0.15) is 6.54 Å². The van der Waals surface area contributed by atoms with E-state index in [-0.39, 0.29) is 36.4 Å². The van der Waals surface area contributed by atoms with Gasteiger partial charge in [0.05, 0.1) is 17.6 Å². The lowest BCUT2D eigenvalue weighted by atomic mass is 10.1. The second-order valence-corrected chi connectivity index (χ2v) is 10.2. The standard InChI is InChI=1S/C27H29N3O5S/c1-20-12-13-25(36-20)18-28(16-21-7-3-2-4-8-21)26(31)19-29(17-24-11-6-14-35-24)27(32)22-9-5-10-23(15-22)30(33)34/h2-5,7-10,12-13,15,24H,6,11,14,16-19H2,1H3. The predicted molar refractivity (Wildman–Crippen MR) is 138 cm³/mol. The van der Waals surface area contributed by atoms with Gasteiger partial charge in [-0.1, -0.05) is 36.4 Å². The van der Waals surface area contributed by atoms with Crippen LogP contribution in [-0.4, -0.2) is 52.3 Å². The first-order valence-corrected chi connectivity index (χ1v) is 12.7. The smallest absolute Gasteiger partial charge is 0.270 e. The molecule has 1 aliphatic heterocycles. The molecular weight excluding hydrogens is 478 g/mol. The van der Waals surface area contributed by atoms with E-state index in [9.17, 15) is 19.7 Å². The Labute approximate surface area is 214 Å². The monoisotopic (exact) mass is 507 g/mol. The van der Waals surface area contributed by atoms with E-state index >= 15 is 0 Å². The number of rotatable bonds is 10. The number of carbonyl (C=O) groups is 2. The zero-order valence-corrected chi connectivity index (χ0v) is 21.0. The van der Waals surface area contributed by atoms with Gasteiger partial charge in [-0.15, -0.1) is 11.3 Å². The van der Waals surface area contributed by atoms with Crippen molar-refractivity contribution < 1.29 is 19.2 Å². The van der Waals surface area contributed by atoms with Crippen molar-refractivity contribution in [3.63, 3.8) is 0 Å². The number of thiophene rings is 1. The van der Waals surface area contributed by atoms with E-state index in [1.165, 1.54) is 23.1 Å². The quantitative estimate of drug-likeness (QED) is 0.290. The van der Waals surface area contributed by atoms with Gasteiger partial charge in [0.2, 0.25) is 5.91 Å². The van der Waals surface area contributed by atoms with E-state index in [2.05, 4.69) is 0 Å². The molecule has 4 rings (SSSR count). The van der Waals surface area contributed by atoms with Gasteiger partial charge in [-0.3, -0.25) is 19.7 Å². The third-order valence-corrected chi connectivity index (χ3v) is 7.06. The highest BCUT2D eigenvalue weighted by molar-refractivity contribution is 7.11. The highest BCUT2D eigenvalue weighted by atomic mass is 32.1. The number of hydrogen-bond acceptors (Lipinski definition) is 6. The van der Waals surface area contributed by atoms with Crippen molar-refractivity contribution in [2.75, 3.05) is 19.7 Å². The number of ether oxygens (including phenoxy) is 1. The number of nitro groups is 1. The summed E-state index contributed by atoms with van der Waals surface area (Å²) in [6, 6.07) is 19.4. The maximum Gasteiger partial charge on any atom is 0.270 e. The minimum absolute atomic E-state index is 0.140. The number of non-ortho nitro benzene ring substituents is 1. The first-order valence-electron chi connectivity index (χ1n) is 11.9. The summed E-state index contributed by atoms with van der Waals surface area (Å²) in [4.78, 5) is 43.3. The molecule has 1 unspecified atom stereocenters. The van der Waals surface area contributed by atoms with E-state index in [1.54, 1.807) is 22.3 Å². The molecule has 0 radical (unpaired) electrons. The molecule has 0 spiro atoms. The number of hydrogen-bond donors (Lipinski definition) is 0. The molecular formula is C27H29N3O5S. The predicted octanol–water partition coefficient (Wildman–Crippen LogP) is 4.81. The Hall–Kier alpha value is -3.56. The van der Waals surface area contributed by atoms with Gasteiger partial charge in [0, 0.05) is 47.1 Å². The molecule has 1 saturated heterocycles. The van der Waals surface area contributed by atoms with Crippen molar-refractivity contribution in [3.05, 3.63) is 97.7 Å². The van der Waals surface area contributed by atoms with Crippen LogP contribution in [0.1, 0.15) is 38.5 Å². The average Bonchev–Trinajstić information content (AvgIpc) is 3.55. The van der Waals surface area contributed by atoms with Gasteiger partial charge < -0.3 is 14.5 Å². The molecule has 1 fully saturated rings. The maximum atomic E-state index is 13.6. The molecule has 9 heteroatoms. The molecule has 2 amide bonds. The molecule has 2 aromatic carbocycles. The van der Waals surface area contributed by atoms with E-state index in [4.69, 9.17) is 4.74 Å². The van der Waals surface area contributed by atoms with E-state index in [0.717, 1.165) is 28.2 Å². The number of nitro benzene ring substituents is 1. The number of aryl methyl sites for hydroxylation is 1. The summed E-state index contributed by atoms with van der Waals surface area (Å²) in [5.41, 5.74) is 1.01. The van der Waals surface area contributed by atoms with Crippen LogP contribution in [0.2, 0.25) is 0 Å². The molecule has 188 valence electrons. The van der Waals surface area contributed by atoms with Crippen LogP contribution in [0.4, 0.5) is 5.69 Å². The van der Waals surface area contributed by atoms with Crippen molar-refractivity contribution in [1.82, 2.24) is 9.80 Å². The first-order chi connectivity index (χ1) is 17.4.